The minimum Gasteiger partial charge on any atom is -0.394 e. The largest absolute Gasteiger partial charge is 0.469 e. The third kappa shape index (κ3) is 27.2. The highest BCUT2D eigenvalue weighted by Crippen LogP contribution is 2.38. The van der Waals surface area contributed by atoms with E-state index in [4.69, 9.17) is 20.9 Å². The van der Waals surface area contributed by atoms with Crippen LogP contribution in [-0.4, -0.2) is 166 Å². The van der Waals surface area contributed by atoms with Gasteiger partial charge < -0.3 is 72.3 Å². The van der Waals surface area contributed by atoms with E-state index >= 15 is 0 Å². The number of nitrogens with one attached hydrogen (secondary N) is 6. The summed E-state index contributed by atoms with van der Waals surface area (Å²) in [6, 6.07) is 4.12. The average molecular weight is 1030 g/mol. The number of ether oxygens (including phenoxy) is 2. The number of aliphatic hydroxyl groups is 1. The number of rotatable bonds is 39. The maximum Gasteiger partial charge on any atom is 0.469 e. The molecule has 0 fully saturated rings. The molecule has 0 saturated carbocycles. The molecule has 25 heteroatoms. The van der Waals surface area contributed by atoms with Gasteiger partial charge in [0, 0.05) is 49.7 Å². The molecule has 0 aliphatic carbocycles. The summed E-state index contributed by atoms with van der Waals surface area (Å²) in [5.41, 5.74) is 12.9. The summed E-state index contributed by atoms with van der Waals surface area (Å²) in [4.78, 5) is 107. The molecule has 0 bridgehead atoms. The number of hydrogen-bond acceptors (Lipinski definition) is 15. The molecule has 396 valence electrons. The average Bonchev–Trinajstić information content (AvgIpc) is 3.82. The van der Waals surface area contributed by atoms with Crippen molar-refractivity contribution in [3.05, 3.63) is 54.1 Å². The molecule has 0 aliphatic heterocycles. The smallest absolute Gasteiger partial charge is 0.394 e. The summed E-state index contributed by atoms with van der Waals surface area (Å²) >= 11 is 4.16. The van der Waals surface area contributed by atoms with Gasteiger partial charge in [-0.2, -0.15) is 12.6 Å². The van der Waals surface area contributed by atoms with E-state index in [0.717, 1.165) is 45.4 Å². The number of nitrogens with zero attached hydrogens (tertiary/aromatic N) is 2. The number of carbonyl (C=O) groups excluding carboxylic acids is 6. The van der Waals surface area contributed by atoms with Crippen molar-refractivity contribution in [2.45, 2.75) is 121 Å². The van der Waals surface area contributed by atoms with Crippen molar-refractivity contribution in [3.63, 3.8) is 0 Å². The minimum atomic E-state index is -5.12. The molecular formula is C45H77N10O13PS. The maximum absolute atomic E-state index is 14.0. The highest BCUT2D eigenvalue weighted by Gasteiger charge is 2.35. The first-order valence-electron chi connectivity index (χ1n) is 23.7. The van der Waals surface area contributed by atoms with Crippen molar-refractivity contribution in [3.8, 4) is 0 Å². The number of phosphoric ester groups is 1. The van der Waals surface area contributed by atoms with E-state index in [2.05, 4.69) is 65.8 Å². The van der Waals surface area contributed by atoms with Gasteiger partial charge in [0.15, 0.2) is 0 Å². The second-order valence-corrected chi connectivity index (χ2v) is 18.9. The Hall–Kier alpha value is -4.49. The first kappa shape index (κ1) is 61.6. The SMILES string of the molecule is CC(C)C[C@H](NC(=O)CN(CCCCCCCCc1ccccc1)C(=O)CCOCCOCCNC[C@@H](N)CS)C(=O)N[C@@H](Cc1cnc[nH]1)C(=O)N[C@@H](CO)C(=O)N[C@H](C(N)=O)[C@@H](C)OP(=O)(O)O. The van der Waals surface area contributed by atoms with E-state index < -0.39 is 74.2 Å². The summed E-state index contributed by atoms with van der Waals surface area (Å²) in [6.07, 6.45) is 7.69. The number of H-pyrrole nitrogens is 1. The Bertz CT molecular complexity index is 1880. The van der Waals surface area contributed by atoms with Crippen molar-refractivity contribution in [1.82, 2.24) is 41.5 Å². The number of imidazole rings is 1. The van der Waals surface area contributed by atoms with Gasteiger partial charge in [-0.25, -0.2) is 9.55 Å². The van der Waals surface area contributed by atoms with Gasteiger partial charge in [0.1, 0.15) is 24.2 Å². The third-order valence-corrected chi connectivity index (χ3v) is 11.8. The third-order valence-electron chi connectivity index (χ3n) is 10.7. The zero-order chi connectivity index (χ0) is 51.9. The molecule has 1 heterocycles. The number of aromatic nitrogens is 2. The van der Waals surface area contributed by atoms with E-state index in [-0.39, 0.29) is 56.9 Å². The van der Waals surface area contributed by atoms with Crippen LogP contribution < -0.4 is 38.1 Å². The van der Waals surface area contributed by atoms with Crippen LogP contribution in [0.3, 0.4) is 0 Å². The molecule has 0 unspecified atom stereocenters. The summed E-state index contributed by atoms with van der Waals surface area (Å²) in [5.74, 6) is -4.60. The fraction of sp³-hybridized carbons (Fsp3) is 0.667. The van der Waals surface area contributed by atoms with Crippen molar-refractivity contribution in [1.29, 1.82) is 0 Å². The van der Waals surface area contributed by atoms with Crippen LogP contribution in [-0.2, 0) is 60.2 Å². The molecule has 0 saturated heterocycles. The Balaban J connectivity index is 2.12. The summed E-state index contributed by atoms with van der Waals surface area (Å²) in [6.45, 7) is 6.05. The van der Waals surface area contributed by atoms with Gasteiger partial charge in [-0.1, -0.05) is 69.9 Å². The molecule has 2 aromatic rings. The van der Waals surface area contributed by atoms with Gasteiger partial charge in [-0.05, 0) is 44.1 Å². The second-order valence-electron chi connectivity index (χ2n) is 17.3. The predicted octanol–water partition coefficient (Wildman–Crippen LogP) is -0.405. The summed E-state index contributed by atoms with van der Waals surface area (Å²) in [7, 11) is -5.12. The molecule has 2 rings (SSSR count). The first-order valence-corrected chi connectivity index (χ1v) is 25.9. The topological polar surface area (TPSA) is 352 Å². The highest BCUT2D eigenvalue weighted by atomic mass is 32.1. The number of thiol groups is 1. The summed E-state index contributed by atoms with van der Waals surface area (Å²) < 4.78 is 27.1. The molecule has 1 aromatic carbocycles. The van der Waals surface area contributed by atoms with Gasteiger partial charge in [-0.15, -0.1) is 0 Å². The zero-order valence-corrected chi connectivity index (χ0v) is 42.4. The van der Waals surface area contributed by atoms with E-state index in [9.17, 15) is 48.2 Å². The lowest BCUT2D eigenvalue weighted by Gasteiger charge is -2.28. The zero-order valence-electron chi connectivity index (χ0n) is 40.6. The van der Waals surface area contributed by atoms with E-state index in [0.29, 0.717) is 50.7 Å². The molecule has 0 aliphatic rings. The maximum atomic E-state index is 14.0. The Morgan fingerprint density at radius 1 is 0.843 bits per heavy atom. The van der Waals surface area contributed by atoms with Crippen LogP contribution in [0.5, 0.6) is 0 Å². The van der Waals surface area contributed by atoms with Crippen molar-refractivity contribution in [2.75, 3.05) is 65.0 Å². The Morgan fingerprint density at radius 3 is 2.09 bits per heavy atom. The van der Waals surface area contributed by atoms with Gasteiger partial charge in [0.25, 0.3) is 0 Å². The Morgan fingerprint density at radius 2 is 1.47 bits per heavy atom. The number of amides is 6. The molecule has 0 radical (unpaired) electrons. The molecule has 0 spiro atoms. The number of aromatic amines is 1. The van der Waals surface area contributed by atoms with Crippen LogP contribution in [0.15, 0.2) is 42.9 Å². The van der Waals surface area contributed by atoms with Crippen molar-refractivity contribution < 1.29 is 62.2 Å². The van der Waals surface area contributed by atoms with E-state index in [1.54, 1.807) is 0 Å². The highest BCUT2D eigenvalue weighted by molar-refractivity contribution is 7.80. The van der Waals surface area contributed by atoms with Crippen molar-refractivity contribution in [2.24, 2.45) is 17.4 Å². The fourth-order valence-corrected chi connectivity index (χ4v) is 7.73. The van der Waals surface area contributed by atoms with Gasteiger partial charge >= 0.3 is 7.82 Å². The summed E-state index contributed by atoms with van der Waals surface area (Å²) in [5, 5.41) is 23.0. The molecule has 1 aromatic heterocycles. The lowest BCUT2D eigenvalue weighted by Crippen LogP contribution is -2.60. The van der Waals surface area contributed by atoms with Crippen LogP contribution in [0, 0.1) is 5.92 Å². The Kier molecular flexibility index (Phi) is 30.6. The Labute approximate surface area is 416 Å². The number of phosphoric acid groups is 1. The van der Waals surface area contributed by atoms with Gasteiger partial charge in [-0.3, -0.25) is 33.3 Å². The van der Waals surface area contributed by atoms with Gasteiger partial charge in [0.05, 0.1) is 58.4 Å². The normalized spacial score (nSPS) is 14.2. The van der Waals surface area contributed by atoms with Gasteiger partial charge in [0.2, 0.25) is 35.4 Å². The molecule has 23 nitrogen and oxygen atoms in total. The quantitative estimate of drug-likeness (QED) is 0.0230. The van der Waals surface area contributed by atoms with E-state index in [1.165, 1.54) is 23.0 Å². The standard InChI is InChI=1S/C45H77N10O13PS/c1-31(2)23-36(43(60)52-37(24-35-26-49-30-50-35)44(61)53-38(28-56)45(62)54-41(42(47)59)32(3)68-69(63,64)65)51-39(57)27-55(18-12-7-5-4-6-9-13-33-14-10-8-11-15-33)40(58)16-19-66-21-22-67-20-17-48-25-34(46)29-70/h8,10-11,14-15,26,30-32,34,36-38,41,48,56,70H,4-7,9,12-13,16-25,27-29,46H2,1-3H3,(H2,47,59)(H,49,50)(H,51,57)(H,52,60)(H,53,61)(H,54,62)(H2,63,64,65)/t32-,34-,36+,37+,38+,41+/m1/s1. The predicted molar refractivity (Wildman–Crippen MR) is 264 cm³/mol. The van der Waals surface area contributed by atoms with Crippen LogP contribution in [0.1, 0.15) is 83.4 Å². The number of benzene rings is 1. The molecular weight excluding hydrogens is 952 g/mol. The number of unbranched alkanes of at least 4 members (excludes halogenated alkanes) is 5. The van der Waals surface area contributed by atoms with E-state index in [1.807, 2.05) is 32.0 Å². The molecule has 6 amide bonds. The number of carbonyl (C=O) groups is 6. The van der Waals surface area contributed by atoms with Crippen LogP contribution in [0.25, 0.3) is 0 Å². The fourth-order valence-electron chi connectivity index (χ4n) is 7.04. The van der Waals surface area contributed by atoms with Crippen LogP contribution in [0.2, 0.25) is 0 Å². The first-order chi connectivity index (χ1) is 33.3. The molecule has 70 heavy (non-hydrogen) atoms. The lowest BCUT2D eigenvalue weighted by atomic mass is 10.0. The lowest BCUT2D eigenvalue weighted by molar-refractivity contribution is -0.138. The molecule has 6 atom stereocenters. The van der Waals surface area contributed by atoms with Crippen LogP contribution >= 0.6 is 20.5 Å². The minimum absolute atomic E-state index is 0.00643. The van der Waals surface area contributed by atoms with Crippen LogP contribution in [0.4, 0.5) is 0 Å². The second kappa shape index (κ2) is 34.8. The number of aryl methyl sites for hydroxylation is 1. The number of nitrogens with two attached hydrogens (primary N) is 2. The van der Waals surface area contributed by atoms with Crippen molar-refractivity contribution >= 4 is 55.9 Å². The number of aliphatic hydroxyl groups excluding tert-OH is 1. The number of hydrogen-bond donors (Lipinski definition) is 12. The molecule has 13 N–H and O–H groups in total. The number of primary amides is 1. The monoisotopic (exact) mass is 1030 g/mol.